The van der Waals surface area contributed by atoms with Crippen LogP contribution < -0.4 is 0 Å². The zero-order valence-corrected chi connectivity index (χ0v) is 17.3. The number of likely N-dealkylation sites (tertiary alicyclic amines) is 1. The Morgan fingerprint density at radius 1 is 1.11 bits per heavy atom. The molecule has 1 amide bonds. The van der Waals surface area contributed by atoms with Gasteiger partial charge in [0.2, 0.25) is 0 Å². The van der Waals surface area contributed by atoms with Crippen LogP contribution in [0.5, 0.6) is 0 Å². The van der Waals surface area contributed by atoms with E-state index < -0.39 is 0 Å². The Labute approximate surface area is 169 Å². The van der Waals surface area contributed by atoms with Crippen molar-refractivity contribution in [2.24, 2.45) is 5.92 Å². The van der Waals surface area contributed by atoms with Crippen LogP contribution in [0.4, 0.5) is 0 Å². The van der Waals surface area contributed by atoms with Crippen molar-refractivity contribution < 1.29 is 9.53 Å². The van der Waals surface area contributed by atoms with Gasteiger partial charge in [-0.1, -0.05) is 19.1 Å². The Kier molecular flexibility index (Phi) is 6.65. The van der Waals surface area contributed by atoms with Crippen molar-refractivity contribution in [2.45, 2.75) is 45.2 Å². The third-order valence-corrected chi connectivity index (χ3v) is 6.48. The summed E-state index contributed by atoms with van der Waals surface area (Å²) in [5.74, 6) is 0.791. The first kappa shape index (κ1) is 19.9. The van der Waals surface area contributed by atoms with E-state index in [4.69, 9.17) is 4.74 Å². The number of nitrogens with zero attached hydrogens (tertiary/aromatic N) is 3. The van der Waals surface area contributed by atoms with Gasteiger partial charge in [0.1, 0.15) is 0 Å². The fourth-order valence-electron chi connectivity index (χ4n) is 4.66. The maximum atomic E-state index is 13.0. The molecular formula is C23H35N3O2. The maximum Gasteiger partial charge on any atom is 0.253 e. The molecular weight excluding hydrogens is 350 g/mol. The average Bonchev–Trinajstić information content (AvgIpc) is 3.58. The summed E-state index contributed by atoms with van der Waals surface area (Å²) in [6.07, 6.45) is 5.02. The van der Waals surface area contributed by atoms with Gasteiger partial charge in [0.05, 0.1) is 13.2 Å². The molecule has 1 aliphatic carbocycles. The van der Waals surface area contributed by atoms with E-state index in [1.165, 1.54) is 24.8 Å². The summed E-state index contributed by atoms with van der Waals surface area (Å²) < 4.78 is 5.45. The van der Waals surface area contributed by atoms with E-state index in [1.54, 1.807) is 0 Å². The molecule has 0 bridgehead atoms. The van der Waals surface area contributed by atoms with Crippen LogP contribution in [0.15, 0.2) is 24.3 Å². The second kappa shape index (κ2) is 9.38. The van der Waals surface area contributed by atoms with Crippen LogP contribution in [0.2, 0.25) is 0 Å². The van der Waals surface area contributed by atoms with Gasteiger partial charge in [-0.05, 0) is 55.8 Å². The smallest absolute Gasteiger partial charge is 0.253 e. The number of hydrogen-bond acceptors (Lipinski definition) is 4. The molecule has 2 saturated heterocycles. The minimum atomic E-state index is 0.202. The van der Waals surface area contributed by atoms with Crippen molar-refractivity contribution in [3.63, 3.8) is 0 Å². The van der Waals surface area contributed by atoms with Crippen molar-refractivity contribution in [2.75, 3.05) is 52.5 Å². The van der Waals surface area contributed by atoms with Crippen LogP contribution in [0.3, 0.4) is 0 Å². The molecule has 4 rings (SSSR count). The van der Waals surface area contributed by atoms with Gasteiger partial charge in [-0.2, -0.15) is 0 Å². The number of morpholine rings is 1. The molecule has 0 aromatic heterocycles. The summed E-state index contributed by atoms with van der Waals surface area (Å²) in [7, 11) is 0. The van der Waals surface area contributed by atoms with E-state index in [9.17, 15) is 4.79 Å². The lowest BCUT2D eigenvalue weighted by atomic mass is 9.96. The SMILES string of the molecule is CCN(Cc1ccc(C(=O)N2CCC[C@H](CN3CCOCC3)C2)cc1)C1CC1. The van der Waals surface area contributed by atoms with Crippen molar-refractivity contribution in [1.29, 1.82) is 0 Å². The minimum absolute atomic E-state index is 0.202. The quantitative estimate of drug-likeness (QED) is 0.723. The first-order valence-corrected chi connectivity index (χ1v) is 11.2. The molecule has 1 atom stereocenters. The molecule has 1 saturated carbocycles. The molecule has 3 fully saturated rings. The Hall–Kier alpha value is -1.43. The molecule has 1 aromatic rings. The van der Waals surface area contributed by atoms with Crippen LogP contribution in [0.25, 0.3) is 0 Å². The Morgan fingerprint density at radius 3 is 2.54 bits per heavy atom. The Bertz CT molecular complexity index is 638. The highest BCUT2D eigenvalue weighted by atomic mass is 16.5. The number of ether oxygens (including phenoxy) is 1. The summed E-state index contributed by atoms with van der Waals surface area (Å²) in [5, 5.41) is 0. The van der Waals surface area contributed by atoms with Crippen LogP contribution in [0.1, 0.15) is 48.5 Å². The fourth-order valence-corrected chi connectivity index (χ4v) is 4.66. The highest BCUT2D eigenvalue weighted by Gasteiger charge is 2.28. The lowest BCUT2D eigenvalue weighted by Gasteiger charge is -2.36. The molecule has 154 valence electrons. The number of hydrogen-bond donors (Lipinski definition) is 0. The molecule has 2 aliphatic heterocycles. The number of rotatable bonds is 7. The van der Waals surface area contributed by atoms with Gasteiger partial charge in [-0.3, -0.25) is 14.6 Å². The van der Waals surface area contributed by atoms with E-state index in [2.05, 4.69) is 33.8 Å². The summed E-state index contributed by atoms with van der Waals surface area (Å²) in [4.78, 5) is 20.1. The third-order valence-electron chi connectivity index (χ3n) is 6.48. The molecule has 0 N–H and O–H groups in total. The van der Waals surface area contributed by atoms with Gasteiger partial charge in [-0.25, -0.2) is 0 Å². The number of amides is 1. The molecule has 0 spiro atoms. The van der Waals surface area contributed by atoms with Crippen molar-refractivity contribution in [3.05, 3.63) is 35.4 Å². The second-order valence-corrected chi connectivity index (χ2v) is 8.66. The topological polar surface area (TPSA) is 36.0 Å². The molecule has 0 unspecified atom stereocenters. The van der Waals surface area contributed by atoms with Gasteiger partial charge in [0.25, 0.3) is 5.91 Å². The van der Waals surface area contributed by atoms with Gasteiger partial charge < -0.3 is 9.64 Å². The summed E-state index contributed by atoms with van der Waals surface area (Å²) >= 11 is 0. The minimum Gasteiger partial charge on any atom is -0.379 e. The molecule has 2 heterocycles. The van der Waals surface area contributed by atoms with Gasteiger partial charge in [0, 0.05) is 50.9 Å². The van der Waals surface area contributed by atoms with E-state index in [-0.39, 0.29) is 5.91 Å². The zero-order valence-electron chi connectivity index (χ0n) is 17.3. The van der Waals surface area contributed by atoms with Gasteiger partial charge in [-0.15, -0.1) is 0 Å². The first-order chi connectivity index (χ1) is 13.7. The van der Waals surface area contributed by atoms with Crippen LogP contribution in [-0.2, 0) is 11.3 Å². The largest absolute Gasteiger partial charge is 0.379 e. The normalized spacial score (nSPS) is 23.9. The number of benzene rings is 1. The Balaban J connectivity index is 1.31. The highest BCUT2D eigenvalue weighted by molar-refractivity contribution is 5.94. The van der Waals surface area contributed by atoms with Crippen molar-refractivity contribution in [3.8, 4) is 0 Å². The molecule has 5 heteroatoms. The average molecular weight is 386 g/mol. The Morgan fingerprint density at radius 2 is 1.86 bits per heavy atom. The predicted octanol–water partition coefficient (Wildman–Crippen LogP) is 2.86. The molecule has 5 nitrogen and oxygen atoms in total. The van der Waals surface area contributed by atoms with E-state index in [1.807, 2.05) is 12.1 Å². The molecule has 3 aliphatic rings. The monoisotopic (exact) mass is 385 g/mol. The van der Waals surface area contributed by atoms with Crippen molar-refractivity contribution >= 4 is 5.91 Å². The van der Waals surface area contributed by atoms with E-state index in [0.717, 1.165) is 77.1 Å². The van der Waals surface area contributed by atoms with Gasteiger partial charge >= 0.3 is 0 Å². The number of piperidine rings is 1. The van der Waals surface area contributed by atoms with E-state index >= 15 is 0 Å². The van der Waals surface area contributed by atoms with Crippen LogP contribution in [-0.4, -0.2) is 79.1 Å². The second-order valence-electron chi connectivity index (χ2n) is 8.66. The van der Waals surface area contributed by atoms with Crippen molar-refractivity contribution in [1.82, 2.24) is 14.7 Å². The lowest BCUT2D eigenvalue weighted by Crippen LogP contribution is -2.46. The zero-order chi connectivity index (χ0) is 19.3. The molecule has 28 heavy (non-hydrogen) atoms. The summed E-state index contributed by atoms with van der Waals surface area (Å²) in [6, 6.07) is 9.14. The maximum absolute atomic E-state index is 13.0. The third kappa shape index (κ3) is 5.13. The summed E-state index contributed by atoms with van der Waals surface area (Å²) in [6.45, 7) is 11.0. The standard InChI is InChI=1S/C23H35N3O2/c1-2-25(22-9-10-22)17-19-5-7-21(8-6-19)23(27)26-11-3-4-20(18-26)16-24-12-14-28-15-13-24/h5-8,20,22H,2-4,9-18H2,1H3/t20-/m1/s1. The highest BCUT2D eigenvalue weighted by Crippen LogP contribution is 2.28. The molecule has 1 aromatic carbocycles. The molecule has 0 radical (unpaired) electrons. The van der Waals surface area contributed by atoms with E-state index in [0.29, 0.717) is 5.92 Å². The predicted molar refractivity (Wildman–Crippen MR) is 111 cm³/mol. The number of carbonyl (C=O) groups is 1. The number of carbonyl (C=O) groups excluding carboxylic acids is 1. The fraction of sp³-hybridized carbons (Fsp3) is 0.696. The first-order valence-electron chi connectivity index (χ1n) is 11.2. The van der Waals surface area contributed by atoms with Gasteiger partial charge in [0.15, 0.2) is 0 Å². The summed E-state index contributed by atoms with van der Waals surface area (Å²) in [5.41, 5.74) is 2.15. The van der Waals surface area contributed by atoms with Crippen LogP contribution >= 0.6 is 0 Å². The van der Waals surface area contributed by atoms with Crippen LogP contribution in [0, 0.1) is 5.92 Å². The lowest BCUT2D eigenvalue weighted by molar-refractivity contribution is 0.0224.